The second kappa shape index (κ2) is 8.10. The molecule has 132 valence electrons. The minimum absolute atomic E-state index is 0.0383. The van der Waals surface area contributed by atoms with Crippen LogP contribution in [0.3, 0.4) is 0 Å². The van der Waals surface area contributed by atoms with E-state index in [1.165, 1.54) is 12.1 Å². The van der Waals surface area contributed by atoms with Gasteiger partial charge in [-0.05, 0) is 32.0 Å². The van der Waals surface area contributed by atoms with Gasteiger partial charge in [-0.3, -0.25) is 15.0 Å². The monoisotopic (exact) mass is 334 g/mol. The van der Waals surface area contributed by atoms with Crippen LogP contribution in [-0.4, -0.2) is 53.0 Å². The van der Waals surface area contributed by atoms with Crippen molar-refractivity contribution in [3.63, 3.8) is 0 Å². The van der Waals surface area contributed by atoms with Crippen LogP contribution >= 0.6 is 0 Å². The highest BCUT2D eigenvalue weighted by Gasteiger charge is 2.29. The molecular formula is C17H26N4O3. The Bertz CT molecular complexity index is 589. The van der Waals surface area contributed by atoms with Gasteiger partial charge in [0.2, 0.25) is 0 Å². The van der Waals surface area contributed by atoms with E-state index in [0.29, 0.717) is 6.04 Å². The van der Waals surface area contributed by atoms with E-state index in [2.05, 4.69) is 24.1 Å². The van der Waals surface area contributed by atoms with Crippen LogP contribution in [0.2, 0.25) is 0 Å². The van der Waals surface area contributed by atoms with Crippen LogP contribution in [-0.2, 0) is 0 Å². The number of urea groups is 1. The van der Waals surface area contributed by atoms with Gasteiger partial charge in [-0.1, -0.05) is 26.0 Å². The van der Waals surface area contributed by atoms with E-state index >= 15 is 0 Å². The van der Waals surface area contributed by atoms with Crippen LogP contribution in [0.5, 0.6) is 0 Å². The first-order chi connectivity index (χ1) is 11.5. The van der Waals surface area contributed by atoms with Crippen LogP contribution < -0.4 is 5.32 Å². The first-order valence-corrected chi connectivity index (χ1v) is 8.50. The summed E-state index contributed by atoms with van der Waals surface area (Å²) in [6.45, 7) is 9.56. The Balaban J connectivity index is 1.95. The van der Waals surface area contributed by atoms with Crippen LogP contribution in [0, 0.1) is 10.1 Å². The molecule has 0 aliphatic carbocycles. The zero-order valence-electron chi connectivity index (χ0n) is 14.6. The highest BCUT2D eigenvalue weighted by molar-refractivity contribution is 5.75. The van der Waals surface area contributed by atoms with Crippen molar-refractivity contribution in [2.75, 3.05) is 26.2 Å². The number of carbonyl (C=O) groups is 1. The quantitative estimate of drug-likeness (QED) is 0.641. The normalized spacial score (nSPS) is 18.7. The fraction of sp³-hybridized carbons (Fsp3) is 0.588. The number of nitrogens with one attached hydrogen (secondary N) is 1. The SMILES string of the molecule is CCN(CC)[C@@H]1CCN(C(=O)N[C@H](C)c2cccc([N+](=O)[O-])c2)C1. The van der Waals surface area contributed by atoms with E-state index in [0.717, 1.165) is 38.2 Å². The third kappa shape index (κ3) is 4.23. The standard InChI is InChI=1S/C17H26N4O3/c1-4-19(5-2)16-9-10-20(12-16)17(22)18-13(3)14-7-6-8-15(11-14)21(23)24/h6-8,11,13,16H,4-5,9-10,12H2,1-3H3,(H,18,22)/t13-,16-/m1/s1. The Morgan fingerprint density at radius 1 is 1.46 bits per heavy atom. The number of hydrogen-bond donors (Lipinski definition) is 1. The first-order valence-electron chi connectivity index (χ1n) is 8.50. The zero-order valence-corrected chi connectivity index (χ0v) is 14.6. The van der Waals surface area contributed by atoms with Gasteiger partial charge in [0, 0.05) is 31.3 Å². The van der Waals surface area contributed by atoms with Crippen LogP contribution in [0.1, 0.15) is 38.8 Å². The van der Waals surface area contributed by atoms with Crippen molar-refractivity contribution in [1.82, 2.24) is 15.1 Å². The molecule has 0 aromatic heterocycles. The van der Waals surface area contributed by atoms with Gasteiger partial charge in [-0.15, -0.1) is 0 Å². The molecule has 7 heteroatoms. The molecular weight excluding hydrogens is 308 g/mol. The number of carbonyl (C=O) groups excluding carboxylic acids is 1. The minimum atomic E-state index is -0.423. The van der Waals surface area contributed by atoms with Gasteiger partial charge in [-0.2, -0.15) is 0 Å². The number of amides is 2. The van der Waals surface area contributed by atoms with Gasteiger partial charge in [0.05, 0.1) is 11.0 Å². The van der Waals surface area contributed by atoms with Crippen molar-refractivity contribution in [1.29, 1.82) is 0 Å². The molecule has 1 N–H and O–H groups in total. The highest BCUT2D eigenvalue weighted by atomic mass is 16.6. The maximum Gasteiger partial charge on any atom is 0.317 e. The van der Waals surface area contributed by atoms with Gasteiger partial charge in [0.15, 0.2) is 0 Å². The molecule has 0 unspecified atom stereocenters. The Morgan fingerprint density at radius 3 is 2.79 bits per heavy atom. The Labute approximate surface area is 142 Å². The number of likely N-dealkylation sites (N-methyl/N-ethyl adjacent to an activating group) is 1. The van der Waals surface area contributed by atoms with Gasteiger partial charge < -0.3 is 10.2 Å². The third-order valence-electron chi connectivity index (χ3n) is 4.70. The molecule has 0 saturated carbocycles. The van der Waals surface area contributed by atoms with Crippen molar-refractivity contribution < 1.29 is 9.72 Å². The summed E-state index contributed by atoms with van der Waals surface area (Å²) in [4.78, 5) is 27.1. The first kappa shape index (κ1) is 18.2. The van der Waals surface area contributed by atoms with Gasteiger partial charge >= 0.3 is 6.03 Å². The van der Waals surface area contributed by atoms with E-state index in [-0.39, 0.29) is 17.8 Å². The summed E-state index contributed by atoms with van der Waals surface area (Å²) in [7, 11) is 0. The lowest BCUT2D eigenvalue weighted by Gasteiger charge is -2.26. The lowest BCUT2D eigenvalue weighted by molar-refractivity contribution is -0.384. The molecule has 0 spiro atoms. The molecule has 1 aromatic rings. The summed E-state index contributed by atoms with van der Waals surface area (Å²) in [5, 5.41) is 13.8. The summed E-state index contributed by atoms with van der Waals surface area (Å²) < 4.78 is 0. The summed E-state index contributed by atoms with van der Waals surface area (Å²) >= 11 is 0. The topological polar surface area (TPSA) is 78.7 Å². The Morgan fingerprint density at radius 2 is 2.17 bits per heavy atom. The van der Waals surface area contributed by atoms with Gasteiger partial charge in [-0.25, -0.2) is 4.79 Å². The van der Waals surface area contributed by atoms with Gasteiger partial charge in [0.1, 0.15) is 0 Å². The molecule has 1 aliphatic heterocycles. The molecule has 1 fully saturated rings. The zero-order chi connectivity index (χ0) is 17.7. The van der Waals surface area contributed by atoms with E-state index < -0.39 is 4.92 Å². The summed E-state index contributed by atoms with van der Waals surface area (Å²) in [6, 6.07) is 6.43. The average molecular weight is 334 g/mol. The number of nitrogens with zero attached hydrogens (tertiary/aromatic N) is 3. The lowest BCUT2D eigenvalue weighted by atomic mass is 10.1. The molecule has 24 heavy (non-hydrogen) atoms. The average Bonchev–Trinajstić information content (AvgIpc) is 3.06. The number of rotatable bonds is 6. The molecule has 7 nitrogen and oxygen atoms in total. The van der Waals surface area contributed by atoms with Crippen molar-refractivity contribution in [2.45, 2.75) is 39.3 Å². The largest absolute Gasteiger partial charge is 0.331 e. The molecule has 1 heterocycles. The molecule has 2 rings (SSSR count). The summed E-state index contributed by atoms with van der Waals surface area (Å²) in [5.74, 6) is 0. The summed E-state index contributed by atoms with van der Waals surface area (Å²) in [5.41, 5.74) is 0.772. The second-order valence-corrected chi connectivity index (χ2v) is 6.13. The summed E-state index contributed by atoms with van der Waals surface area (Å²) in [6.07, 6.45) is 0.986. The van der Waals surface area contributed by atoms with E-state index in [1.54, 1.807) is 12.1 Å². The van der Waals surface area contributed by atoms with E-state index in [9.17, 15) is 14.9 Å². The number of nitro benzene ring substituents is 1. The molecule has 0 bridgehead atoms. The number of non-ortho nitro benzene ring substituents is 1. The predicted molar refractivity (Wildman–Crippen MR) is 92.9 cm³/mol. The second-order valence-electron chi connectivity index (χ2n) is 6.13. The number of likely N-dealkylation sites (tertiary alicyclic amines) is 1. The third-order valence-corrected chi connectivity index (χ3v) is 4.70. The van der Waals surface area contributed by atoms with Crippen molar-refractivity contribution in [3.8, 4) is 0 Å². The molecule has 1 saturated heterocycles. The fourth-order valence-corrected chi connectivity index (χ4v) is 3.23. The fourth-order valence-electron chi connectivity index (χ4n) is 3.23. The van der Waals surface area contributed by atoms with Crippen LogP contribution in [0.25, 0.3) is 0 Å². The van der Waals surface area contributed by atoms with Gasteiger partial charge in [0.25, 0.3) is 5.69 Å². The van der Waals surface area contributed by atoms with E-state index in [4.69, 9.17) is 0 Å². The number of nitro groups is 1. The Kier molecular flexibility index (Phi) is 6.14. The molecule has 2 atom stereocenters. The number of benzene rings is 1. The van der Waals surface area contributed by atoms with Crippen molar-refractivity contribution in [3.05, 3.63) is 39.9 Å². The maximum absolute atomic E-state index is 12.5. The highest BCUT2D eigenvalue weighted by Crippen LogP contribution is 2.20. The predicted octanol–water partition coefficient (Wildman–Crippen LogP) is 2.78. The van der Waals surface area contributed by atoms with E-state index in [1.807, 2.05) is 11.8 Å². The van der Waals surface area contributed by atoms with Crippen LogP contribution in [0.4, 0.5) is 10.5 Å². The molecule has 2 amide bonds. The molecule has 1 aliphatic rings. The van der Waals surface area contributed by atoms with Crippen LogP contribution in [0.15, 0.2) is 24.3 Å². The minimum Gasteiger partial charge on any atom is -0.331 e. The molecule has 1 aromatic carbocycles. The lowest BCUT2D eigenvalue weighted by Crippen LogP contribution is -2.42. The Hall–Kier alpha value is -2.15. The number of hydrogen-bond acceptors (Lipinski definition) is 4. The van der Waals surface area contributed by atoms with Crippen molar-refractivity contribution >= 4 is 11.7 Å². The molecule has 0 radical (unpaired) electrons. The maximum atomic E-state index is 12.5. The smallest absolute Gasteiger partial charge is 0.317 e. The van der Waals surface area contributed by atoms with Crippen molar-refractivity contribution in [2.24, 2.45) is 0 Å².